The number of hydrogen-bond donors (Lipinski definition) is 1. The largest absolute Gasteiger partial charge is 0.573 e. The SMILES string of the molecule is CC/C(C)=C/N(C)C.Cc1cc(Br)c(N)cc1-c1ccc(OC(F)(F)F)cc1. The van der Waals surface area contributed by atoms with Gasteiger partial charge in [-0.1, -0.05) is 24.6 Å². The van der Waals surface area contributed by atoms with E-state index >= 15 is 0 Å². The third-order valence-electron chi connectivity index (χ3n) is 3.78. The van der Waals surface area contributed by atoms with Crippen molar-refractivity contribution in [1.82, 2.24) is 4.90 Å². The van der Waals surface area contributed by atoms with Crippen LogP contribution in [0.4, 0.5) is 18.9 Å². The standard InChI is InChI=1S/C14H11BrF3NO.C7H15N/c1-8-6-12(15)13(19)7-11(8)9-2-4-10(5-3-9)20-14(16,17)18;1-5-7(2)6-8(3)4/h2-7H,19H2,1H3;6H,5H2,1-4H3/b;7-6+. The van der Waals surface area contributed by atoms with Gasteiger partial charge in [0.2, 0.25) is 0 Å². The minimum absolute atomic E-state index is 0.246. The van der Waals surface area contributed by atoms with E-state index in [1.165, 1.54) is 17.7 Å². The molecule has 2 rings (SSSR count). The molecule has 2 aromatic carbocycles. The van der Waals surface area contributed by atoms with Gasteiger partial charge in [0.1, 0.15) is 5.75 Å². The summed E-state index contributed by atoms with van der Waals surface area (Å²) in [6, 6.07) is 9.33. The lowest BCUT2D eigenvalue weighted by atomic mass is 10.00. The van der Waals surface area contributed by atoms with Gasteiger partial charge in [-0.2, -0.15) is 0 Å². The number of nitrogen functional groups attached to an aromatic ring is 1. The van der Waals surface area contributed by atoms with Crippen LogP contribution < -0.4 is 10.5 Å². The van der Waals surface area contributed by atoms with Crippen molar-refractivity contribution in [2.24, 2.45) is 0 Å². The zero-order chi connectivity index (χ0) is 21.5. The number of hydrogen-bond acceptors (Lipinski definition) is 3. The number of ether oxygens (including phenoxy) is 1. The van der Waals surface area contributed by atoms with Gasteiger partial charge >= 0.3 is 6.36 Å². The molecule has 2 N–H and O–H groups in total. The van der Waals surface area contributed by atoms with E-state index in [-0.39, 0.29) is 5.75 Å². The van der Waals surface area contributed by atoms with Crippen molar-refractivity contribution in [3.8, 4) is 16.9 Å². The highest BCUT2D eigenvalue weighted by molar-refractivity contribution is 9.10. The van der Waals surface area contributed by atoms with Crippen molar-refractivity contribution >= 4 is 21.6 Å². The van der Waals surface area contributed by atoms with E-state index in [0.29, 0.717) is 5.69 Å². The molecular weight excluding hydrogens is 433 g/mol. The summed E-state index contributed by atoms with van der Waals surface area (Å²) >= 11 is 3.33. The molecule has 0 atom stereocenters. The molecule has 2 aromatic rings. The lowest BCUT2D eigenvalue weighted by Gasteiger charge is -2.11. The fraction of sp³-hybridized carbons (Fsp3) is 0.333. The van der Waals surface area contributed by atoms with Gasteiger partial charge in [0, 0.05) is 24.3 Å². The van der Waals surface area contributed by atoms with Gasteiger partial charge in [0.05, 0.1) is 0 Å². The first-order valence-corrected chi connectivity index (χ1v) is 9.47. The van der Waals surface area contributed by atoms with E-state index in [1.807, 2.05) is 27.1 Å². The Hall–Kier alpha value is -2.15. The molecule has 0 unspecified atom stereocenters. The fourth-order valence-electron chi connectivity index (χ4n) is 2.37. The Bertz CT molecular complexity index is 801. The second-order valence-corrected chi connectivity index (χ2v) is 7.41. The molecule has 7 heteroatoms. The smallest absolute Gasteiger partial charge is 0.406 e. The molecule has 0 heterocycles. The summed E-state index contributed by atoms with van der Waals surface area (Å²) in [5.41, 5.74) is 10.4. The summed E-state index contributed by atoms with van der Waals surface area (Å²) in [5, 5.41) is 0. The monoisotopic (exact) mass is 458 g/mol. The maximum absolute atomic E-state index is 12.1. The molecule has 0 aliphatic carbocycles. The fourth-order valence-corrected chi connectivity index (χ4v) is 2.83. The second-order valence-electron chi connectivity index (χ2n) is 6.55. The molecule has 0 fully saturated rings. The number of benzene rings is 2. The third kappa shape index (κ3) is 8.25. The average Bonchev–Trinajstić information content (AvgIpc) is 2.57. The quantitative estimate of drug-likeness (QED) is 0.513. The van der Waals surface area contributed by atoms with Crippen LogP contribution in [0.25, 0.3) is 11.1 Å². The molecule has 154 valence electrons. The summed E-state index contributed by atoms with van der Waals surface area (Å²) in [4.78, 5) is 2.07. The Balaban J connectivity index is 0.000000416. The van der Waals surface area contributed by atoms with Crippen molar-refractivity contribution in [3.05, 3.63) is 58.2 Å². The van der Waals surface area contributed by atoms with E-state index in [2.05, 4.69) is 45.6 Å². The first kappa shape index (κ1) is 23.9. The zero-order valence-electron chi connectivity index (χ0n) is 16.7. The highest BCUT2D eigenvalue weighted by atomic mass is 79.9. The topological polar surface area (TPSA) is 38.5 Å². The maximum atomic E-state index is 12.1. The van der Waals surface area contributed by atoms with E-state index in [0.717, 1.165) is 27.6 Å². The van der Waals surface area contributed by atoms with Gasteiger partial charge in [0.15, 0.2) is 0 Å². The van der Waals surface area contributed by atoms with Crippen molar-refractivity contribution in [1.29, 1.82) is 0 Å². The molecule has 3 nitrogen and oxygen atoms in total. The lowest BCUT2D eigenvalue weighted by Crippen LogP contribution is -2.16. The number of anilines is 1. The first-order chi connectivity index (χ1) is 12.9. The van der Waals surface area contributed by atoms with Crippen LogP contribution in [0.1, 0.15) is 25.8 Å². The molecule has 0 spiro atoms. The summed E-state index contributed by atoms with van der Waals surface area (Å²) in [6.07, 6.45) is -1.39. The molecular formula is C21H26BrF3N2O. The van der Waals surface area contributed by atoms with Gasteiger partial charge in [-0.25, -0.2) is 0 Å². The number of rotatable bonds is 4. The van der Waals surface area contributed by atoms with Gasteiger partial charge in [-0.05, 0) is 83.4 Å². The Morgan fingerprint density at radius 2 is 1.75 bits per heavy atom. The van der Waals surface area contributed by atoms with E-state index in [4.69, 9.17) is 5.73 Å². The van der Waals surface area contributed by atoms with Crippen LogP contribution in [-0.4, -0.2) is 25.4 Å². The number of alkyl halides is 3. The highest BCUT2D eigenvalue weighted by Crippen LogP contribution is 2.32. The van der Waals surface area contributed by atoms with E-state index in [9.17, 15) is 13.2 Å². The molecule has 0 amide bonds. The van der Waals surface area contributed by atoms with Crippen LogP contribution in [0.5, 0.6) is 5.75 Å². The predicted octanol–water partition coefficient (Wildman–Crippen LogP) is 6.77. The number of allylic oxidation sites excluding steroid dienone is 1. The van der Waals surface area contributed by atoms with Gasteiger partial charge in [-0.3, -0.25) is 0 Å². The van der Waals surface area contributed by atoms with E-state index < -0.39 is 6.36 Å². The summed E-state index contributed by atoms with van der Waals surface area (Å²) < 4.78 is 40.9. The van der Waals surface area contributed by atoms with Crippen LogP contribution >= 0.6 is 15.9 Å². The number of nitrogens with two attached hydrogens (primary N) is 1. The van der Waals surface area contributed by atoms with Crippen molar-refractivity contribution in [2.45, 2.75) is 33.6 Å². The molecule has 0 radical (unpaired) electrons. The van der Waals surface area contributed by atoms with Crippen molar-refractivity contribution in [3.63, 3.8) is 0 Å². The van der Waals surface area contributed by atoms with Gasteiger partial charge in [0.25, 0.3) is 0 Å². The van der Waals surface area contributed by atoms with E-state index in [1.54, 1.807) is 18.2 Å². The average molecular weight is 459 g/mol. The molecule has 0 aromatic heterocycles. The van der Waals surface area contributed by atoms with Crippen molar-refractivity contribution < 1.29 is 17.9 Å². The molecule has 28 heavy (non-hydrogen) atoms. The van der Waals surface area contributed by atoms with Crippen LogP contribution in [0.2, 0.25) is 0 Å². The number of aryl methyl sites for hydroxylation is 1. The second kappa shape index (κ2) is 10.4. The number of halogens is 4. The molecule has 0 aliphatic heterocycles. The van der Waals surface area contributed by atoms with Crippen LogP contribution in [-0.2, 0) is 0 Å². The van der Waals surface area contributed by atoms with Crippen molar-refractivity contribution in [2.75, 3.05) is 19.8 Å². The summed E-state index contributed by atoms with van der Waals surface area (Å²) in [5.74, 6) is -0.246. The van der Waals surface area contributed by atoms with Gasteiger partial charge < -0.3 is 15.4 Å². The molecule has 0 saturated heterocycles. The Morgan fingerprint density at radius 1 is 1.18 bits per heavy atom. The minimum Gasteiger partial charge on any atom is -0.406 e. The highest BCUT2D eigenvalue weighted by Gasteiger charge is 2.30. The van der Waals surface area contributed by atoms with Gasteiger partial charge in [-0.15, -0.1) is 13.2 Å². The maximum Gasteiger partial charge on any atom is 0.573 e. The first-order valence-electron chi connectivity index (χ1n) is 8.68. The zero-order valence-corrected chi connectivity index (χ0v) is 18.3. The molecule has 0 saturated carbocycles. The normalized spacial score (nSPS) is 11.5. The minimum atomic E-state index is -4.68. The molecule has 0 bridgehead atoms. The Morgan fingerprint density at radius 3 is 2.18 bits per heavy atom. The lowest BCUT2D eigenvalue weighted by molar-refractivity contribution is -0.274. The van der Waals surface area contributed by atoms with Crippen LogP contribution in [0.15, 0.2) is 52.6 Å². The number of nitrogens with zero attached hydrogens (tertiary/aromatic N) is 1. The summed E-state index contributed by atoms with van der Waals surface area (Å²) in [6.45, 7) is 6.20. The summed E-state index contributed by atoms with van der Waals surface area (Å²) in [7, 11) is 4.08. The molecule has 0 aliphatic rings. The van der Waals surface area contributed by atoms with Crippen LogP contribution in [0, 0.1) is 6.92 Å². The third-order valence-corrected chi connectivity index (χ3v) is 4.47. The Kier molecular flexibility index (Phi) is 8.88. The predicted molar refractivity (Wildman–Crippen MR) is 113 cm³/mol. The van der Waals surface area contributed by atoms with Crippen LogP contribution in [0.3, 0.4) is 0 Å². The Labute approximate surface area is 173 Å².